The number of ether oxygens (including phenoxy) is 3. The molecule has 1 aliphatic rings. The second-order valence-corrected chi connectivity index (χ2v) is 6.15. The standard InChI is InChI=1S/C18H25NO6/c1-23-14-8-11(9-15(24-2)17(14)25-3)4-7-16(20)19-13-6-5-12(10-13)18(21)22/h8-9,12-13H,4-7,10H2,1-3H3,(H,19,20)(H,21,22)/t12-,13+/m0/s1. The van der Waals surface area contributed by atoms with Gasteiger partial charge in [0.2, 0.25) is 11.7 Å². The van der Waals surface area contributed by atoms with Crippen molar-refractivity contribution in [3.05, 3.63) is 17.7 Å². The number of carboxylic acid groups (broad SMARTS) is 1. The van der Waals surface area contributed by atoms with Gasteiger partial charge in [-0.3, -0.25) is 9.59 Å². The number of methoxy groups -OCH3 is 3. The number of benzene rings is 1. The third-order valence-electron chi connectivity index (χ3n) is 4.51. The molecule has 2 atom stereocenters. The summed E-state index contributed by atoms with van der Waals surface area (Å²) >= 11 is 0. The van der Waals surface area contributed by atoms with Crippen LogP contribution in [0.15, 0.2) is 12.1 Å². The summed E-state index contributed by atoms with van der Waals surface area (Å²) in [5.41, 5.74) is 0.902. The number of rotatable bonds is 8. The van der Waals surface area contributed by atoms with Gasteiger partial charge in [-0.1, -0.05) is 0 Å². The van der Waals surface area contributed by atoms with Crippen LogP contribution in [-0.2, 0) is 16.0 Å². The number of aryl methyl sites for hydroxylation is 1. The van der Waals surface area contributed by atoms with Crippen molar-refractivity contribution in [2.45, 2.75) is 38.1 Å². The summed E-state index contributed by atoms with van der Waals surface area (Å²) in [5.74, 6) is 0.415. The fourth-order valence-corrected chi connectivity index (χ4v) is 3.17. The van der Waals surface area contributed by atoms with Gasteiger partial charge in [-0.15, -0.1) is 0 Å². The van der Waals surface area contributed by atoms with Gasteiger partial charge in [0, 0.05) is 12.5 Å². The zero-order valence-corrected chi connectivity index (χ0v) is 14.8. The number of carboxylic acids is 1. The maximum absolute atomic E-state index is 12.1. The van der Waals surface area contributed by atoms with Crippen LogP contribution in [0.3, 0.4) is 0 Å². The zero-order valence-electron chi connectivity index (χ0n) is 14.8. The van der Waals surface area contributed by atoms with Gasteiger partial charge in [0.15, 0.2) is 11.5 Å². The second-order valence-electron chi connectivity index (χ2n) is 6.15. The van der Waals surface area contributed by atoms with Gasteiger partial charge >= 0.3 is 5.97 Å². The lowest BCUT2D eigenvalue weighted by Crippen LogP contribution is -2.33. The molecule has 1 fully saturated rings. The molecule has 25 heavy (non-hydrogen) atoms. The van der Waals surface area contributed by atoms with Crippen LogP contribution in [0.2, 0.25) is 0 Å². The van der Waals surface area contributed by atoms with E-state index in [9.17, 15) is 9.59 Å². The molecule has 0 radical (unpaired) electrons. The summed E-state index contributed by atoms with van der Waals surface area (Å²) in [6.45, 7) is 0. The predicted molar refractivity (Wildman–Crippen MR) is 91.3 cm³/mol. The molecule has 0 aliphatic heterocycles. The summed E-state index contributed by atoms with van der Waals surface area (Å²) in [4.78, 5) is 23.1. The van der Waals surface area contributed by atoms with Crippen LogP contribution in [0.4, 0.5) is 0 Å². The molecule has 1 aliphatic carbocycles. The van der Waals surface area contributed by atoms with Crippen molar-refractivity contribution in [2.75, 3.05) is 21.3 Å². The van der Waals surface area contributed by atoms with Crippen LogP contribution in [0.25, 0.3) is 0 Å². The maximum atomic E-state index is 12.1. The van der Waals surface area contributed by atoms with Crippen LogP contribution >= 0.6 is 0 Å². The lowest BCUT2D eigenvalue weighted by Gasteiger charge is -2.15. The average molecular weight is 351 g/mol. The molecule has 0 heterocycles. The van der Waals surface area contributed by atoms with E-state index in [1.165, 1.54) is 0 Å². The van der Waals surface area contributed by atoms with E-state index in [1.54, 1.807) is 21.3 Å². The van der Waals surface area contributed by atoms with Crippen LogP contribution in [0, 0.1) is 5.92 Å². The number of nitrogens with one attached hydrogen (secondary N) is 1. The van der Waals surface area contributed by atoms with Crippen molar-refractivity contribution < 1.29 is 28.9 Å². The number of carbonyl (C=O) groups excluding carboxylic acids is 1. The summed E-state index contributed by atoms with van der Waals surface area (Å²) < 4.78 is 15.9. The Kier molecular flexibility index (Phi) is 6.50. The Balaban J connectivity index is 1.92. The second kappa shape index (κ2) is 8.60. The Morgan fingerprint density at radius 1 is 1.12 bits per heavy atom. The minimum absolute atomic E-state index is 0.0476. The maximum Gasteiger partial charge on any atom is 0.306 e. The van der Waals surface area contributed by atoms with E-state index in [-0.39, 0.29) is 17.9 Å². The van der Waals surface area contributed by atoms with Crippen LogP contribution in [0.1, 0.15) is 31.2 Å². The topological polar surface area (TPSA) is 94.1 Å². The first-order valence-electron chi connectivity index (χ1n) is 8.29. The third kappa shape index (κ3) is 4.78. The van der Waals surface area contributed by atoms with E-state index >= 15 is 0 Å². The van der Waals surface area contributed by atoms with Crippen molar-refractivity contribution in [1.82, 2.24) is 5.32 Å². The molecule has 7 nitrogen and oxygen atoms in total. The molecule has 2 N–H and O–H groups in total. The zero-order chi connectivity index (χ0) is 18.4. The van der Waals surface area contributed by atoms with E-state index in [2.05, 4.69) is 5.32 Å². The minimum atomic E-state index is -0.783. The number of hydrogen-bond donors (Lipinski definition) is 2. The molecule has 0 saturated heterocycles. The molecule has 0 unspecified atom stereocenters. The molecule has 138 valence electrons. The first-order chi connectivity index (χ1) is 12.0. The molecule has 1 aromatic rings. The lowest BCUT2D eigenvalue weighted by molar-refractivity contribution is -0.141. The van der Waals surface area contributed by atoms with E-state index < -0.39 is 5.97 Å². The summed E-state index contributed by atoms with van der Waals surface area (Å²) in [7, 11) is 4.64. The summed E-state index contributed by atoms with van der Waals surface area (Å²) in [6.07, 6.45) is 2.68. The number of hydrogen-bond acceptors (Lipinski definition) is 5. The largest absolute Gasteiger partial charge is 0.493 e. The van der Waals surface area contributed by atoms with E-state index in [0.717, 1.165) is 5.56 Å². The minimum Gasteiger partial charge on any atom is -0.493 e. The van der Waals surface area contributed by atoms with E-state index in [4.69, 9.17) is 19.3 Å². The highest BCUT2D eigenvalue weighted by molar-refractivity contribution is 5.77. The van der Waals surface area contributed by atoms with Crippen LogP contribution < -0.4 is 19.5 Å². The molecule has 0 spiro atoms. The van der Waals surface area contributed by atoms with Gasteiger partial charge in [0.1, 0.15) is 0 Å². The first-order valence-corrected chi connectivity index (χ1v) is 8.29. The highest BCUT2D eigenvalue weighted by Gasteiger charge is 2.30. The van der Waals surface area contributed by atoms with E-state index in [1.807, 2.05) is 12.1 Å². The third-order valence-corrected chi connectivity index (χ3v) is 4.51. The Morgan fingerprint density at radius 3 is 2.24 bits per heavy atom. The fraction of sp³-hybridized carbons (Fsp3) is 0.556. The normalized spacial score (nSPS) is 19.3. The molecule has 0 aromatic heterocycles. The Bertz CT molecular complexity index is 605. The number of aliphatic carboxylic acids is 1. The van der Waals surface area contributed by atoms with Crippen LogP contribution in [0.5, 0.6) is 17.2 Å². The quantitative estimate of drug-likeness (QED) is 0.744. The van der Waals surface area contributed by atoms with Gasteiger partial charge in [-0.25, -0.2) is 0 Å². The van der Waals surface area contributed by atoms with Gasteiger partial charge in [0.25, 0.3) is 0 Å². The summed E-state index contributed by atoms with van der Waals surface area (Å²) in [6, 6.07) is 3.60. The van der Waals surface area contributed by atoms with Crippen molar-refractivity contribution in [1.29, 1.82) is 0 Å². The number of carbonyl (C=O) groups is 2. The van der Waals surface area contributed by atoms with E-state index in [0.29, 0.717) is 49.4 Å². The van der Waals surface area contributed by atoms with Crippen molar-refractivity contribution in [3.8, 4) is 17.2 Å². The highest BCUT2D eigenvalue weighted by Crippen LogP contribution is 2.38. The van der Waals surface area contributed by atoms with Gasteiger partial charge < -0.3 is 24.6 Å². The molecule has 1 saturated carbocycles. The molecular weight excluding hydrogens is 326 g/mol. The monoisotopic (exact) mass is 351 g/mol. The van der Waals surface area contributed by atoms with Gasteiger partial charge in [-0.05, 0) is 43.4 Å². The smallest absolute Gasteiger partial charge is 0.306 e. The summed E-state index contributed by atoms with van der Waals surface area (Å²) in [5, 5.41) is 11.9. The lowest BCUT2D eigenvalue weighted by atomic mass is 10.1. The Labute approximate surface area is 147 Å². The van der Waals surface area contributed by atoms with Crippen molar-refractivity contribution >= 4 is 11.9 Å². The molecule has 0 bridgehead atoms. The van der Waals surface area contributed by atoms with Gasteiger partial charge in [0.05, 0.1) is 27.2 Å². The van der Waals surface area contributed by atoms with Crippen molar-refractivity contribution in [3.63, 3.8) is 0 Å². The fourth-order valence-electron chi connectivity index (χ4n) is 3.17. The van der Waals surface area contributed by atoms with Crippen LogP contribution in [-0.4, -0.2) is 44.4 Å². The van der Waals surface area contributed by atoms with Gasteiger partial charge in [-0.2, -0.15) is 0 Å². The highest BCUT2D eigenvalue weighted by atomic mass is 16.5. The average Bonchev–Trinajstić information content (AvgIpc) is 3.07. The SMILES string of the molecule is COc1cc(CCC(=O)N[C@@H]2CC[C@H](C(=O)O)C2)cc(OC)c1OC. The molecule has 7 heteroatoms. The predicted octanol–water partition coefficient (Wildman–Crippen LogP) is 2.01. The number of amides is 1. The Morgan fingerprint density at radius 2 is 1.76 bits per heavy atom. The molecule has 1 aromatic carbocycles. The Hall–Kier alpha value is -2.44. The van der Waals surface area contributed by atoms with Crippen molar-refractivity contribution in [2.24, 2.45) is 5.92 Å². The molecular formula is C18H25NO6. The molecule has 2 rings (SSSR count). The first kappa shape index (κ1) is 18.9. The molecule has 1 amide bonds.